The molecule has 1 atom stereocenters. The van der Waals surface area contributed by atoms with Gasteiger partial charge in [-0.25, -0.2) is 9.67 Å². The molecule has 6 heteroatoms. The number of benzene rings is 1. The standard InChI is InChI=1S/C21H18N4S2/c1-16(17-7-3-2-4-8-17)13-23-25-19(20-10-6-12-26-20)15-27-21(25)24-18-9-5-11-22-14-18/h2-16H,1H3. The molecule has 4 nitrogen and oxygen atoms in total. The van der Waals surface area contributed by atoms with E-state index >= 15 is 0 Å². The molecule has 27 heavy (non-hydrogen) atoms. The van der Waals surface area contributed by atoms with Crippen molar-refractivity contribution >= 4 is 34.6 Å². The SMILES string of the molecule is CC(C=Nn1c(-c2cccs2)csc1=Nc1cccnc1)c1ccccc1. The van der Waals surface area contributed by atoms with Crippen molar-refractivity contribution in [3.63, 3.8) is 0 Å². The number of thiazole rings is 1. The van der Waals surface area contributed by atoms with Crippen molar-refractivity contribution in [2.24, 2.45) is 10.1 Å². The molecule has 0 bridgehead atoms. The van der Waals surface area contributed by atoms with Gasteiger partial charge in [0.2, 0.25) is 4.80 Å². The molecule has 4 rings (SSSR count). The monoisotopic (exact) mass is 390 g/mol. The van der Waals surface area contributed by atoms with E-state index in [0.717, 1.165) is 16.2 Å². The lowest BCUT2D eigenvalue weighted by Crippen LogP contribution is -2.12. The molecule has 0 fully saturated rings. The van der Waals surface area contributed by atoms with Gasteiger partial charge in [0.05, 0.1) is 22.5 Å². The summed E-state index contributed by atoms with van der Waals surface area (Å²) in [5, 5.41) is 8.97. The molecule has 0 spiro atoms. The smallest absolute Gasteiger partial charge is 0.211 e. The van der Waals surface area contributed by atoms with Gasteiger partial charge in [-0.3, -0.25) is 4.98 Å². The Morgan fingerprint density at radius 1 is 1.04 bits per heavy atom. The van der Waals surface area contributed by atoms with E-state index in [1.54, 1.807) is 35.1 Å². The van der Waals surface area contributed by atoms with E-state index in [2.05, 4.69) is 59.1 Å². The van der Waals surface area contributed by atoms with Crippen LogP contribution in [0.25, 0.3) is 10.6 Å². The van der Waals surface area contributed by atoms with E-state index in [1.807, 2.05) is 29.1 Å². The number of rotatable bonds is 5. The van der Waals surface area contributed by atoms with Crippen LogP contribution in [0.4, 0.5) is 5.69 Å². The summed E-state index contributed by atoms with van der Waals surface area (Å²) < 4.78 is 1.92. The van der Waals surface area contributed by atoms with Crippen molar-refractivity contribution in [2.45, 2.75) is 12.8 Å². The lowest BCUT2D eigenvalue weighted by atomic mass is 10.0. The van der Waals surface area contributed by atoms with Gasteiger partial charge in [0.15, 0.2) is 0 Å². The fourth-order valence-electron chi connectivity index (χ4n) is 2.62. The summed E-state index contributed by atoms with van der Waals surface area (Å²) in [6, 6.07) is 18.4. The van der Waals surface area contributed by atoms with Gasteiger partial charge >= 0.3 is 0 Å². The summed E-state index contributed by atoms with van der Waals surface area (Å²) in [6.07, 6.45) is 5.48. The summed E-state index contributed by atoms with van der Waals surface area (Å²) in [7, 11) is 0. The number of pyridine rings is 1. The first kappa shape index (κ1) is 17.6. The van der Waals surface area contributed by atoms with Gasteiger partial charge < -0.3 is 0 Å². The lowest BCUT2D eigenvalue weighted by Gasteiger charge is -2.06. The van der Waals surface area contributed by atoms with Crippen LogP contribution in [0, 0.1) is 0 Å². The van der Waals surface area contributed by atoms with Crippen LogP contribution in [-0.4, -0.2) is 15.9 Å². The number of hydrogen-bond acceptors (Lipinski definition) is 5. The van der Waals surface area contributed by atoms with Crippen molar-refractivity contribution in [2.75, 3.05) is 0 Å². The first-order valence-corrected chi connectivity index (χ1v) is 10.4. The molecule has 4 aromatic rings. The number of nitrogens with zero attached hydrogens (tertiary/aromatic N) is 4. The van der Waals surface area contributed by atoms with Gasteiger partial charge in [0.1, 0.15) is 0 Å². The fraction of sp³-hybridized carbons (Fsp3) is 0.0952. The Hall–Kier alpha value is -2.83. The molecule has 0 N–H and O–H groups in total. The molecular formula is C21H18N4S2. The van der Waals surface area contributed by atoms with E-state index in [9.17, 15) is 0 Å². The molecule has 3 heterocycles. The number of thiophene rings is 1. The Labute approximate surface area is 165 Å². The summed E-state index contributed by atoms with van der Waals surface area (Å²) >= 11 is 3.28. The fourth-order valence-corrected chi connectivity index (χ4v) is 4.27. The molecule has 1 unspecified atom stereocenters. The van der Waals surface area contributed by atoms with Crippen molar-refractivity contribution in [1.29, 1.82) is 0 Å². The Morgan fingerprint density at radius 2 is 1.93 bits per heavy atom. The third kappa shape index (κ3) is 4.13. The van der Waals surface area contributed by atoms with Crippen LogP contribution in [0.5, 0.6) is 0 Å². The highest BCUT2D eigenvalue weighted by molar-refractivity contribution is 7.14. The number of hydrogen-bond donors (Lipinski definition) is 0. The van der Waals surface area contributed by atoms with E-state index in [4.69, 9.17) is 10.1 Å². The third-order valence-electron chi connectivity index (χ3n) is 4.06. The Balaban J connectivity index is 1.76. The molecule has 0 saturated heterocycles. The van der Waals surface area contributed by atoms with Crippen LogP contribution >= 0.6 is 22.7 Å². The van der Waals surface area contributed by atoms with Gasteiger partial charge in [0.25, 0.3) is 0 Å². The Bertz CT molecular complexity index is 1080. The maximum atomic E-state index is 4.79. The predicted octanol–water partition coefficient (Wildman–Crippen LogP) is 5.54. The van der Waals surface area contributed by atoms with E-state index < -0.39 is 0 Å². The first-order chi connectivity index (χ1) is 13.3. The predicted molar refractivity (Wildman–Crippen MR) is 114 cm³/mol. The zero-order chi connectivity index (χ0) is 18.5. The van der Waals surface area contributed by atoms with Crippen molar-refractivity contribution in [3.05, 3.63) is 88.1 Å². The summed E-state index contributed by atoms with van der Waals surface area (Å²) in [5.41, 5.74) is 3.10. The topological polar surface area (TPSA) is 42.5 Å². The molecule has 0 saturated carbocycles. The second-order valence-corrected chi connectivity index (χ2v) is 7.76. The maximum absolute atomic E-state index is 4.79. The number of aromatic nitrogens is 2. The van der Waals surface area contributed by atoms with Crippen LogP contribution < -0.4 is 4.80 Å². The van der Waals surface area contributed by atoms with E-state index in [0.29, 0.717) is 0 Å². The van der Waals surface area contributed by atoms with Crippen molar-refractivity contribution in [1.82, 2.24) is 9.66 Å². The van der Waals surface area contributed by atoms with Crippen molar-refractivity contribution < 1.29 is 0 Å². The minimum Gasteiger partial charge on any atom is -0.262 e. The molecule has 0 aliphatic heterocycles. The average Bonchev–Trinajstić information content (AvgIpc) is 3.37. The average molecular weight is 391 g/mol. The third-order valence-corrected chi connectivity index (χ3v) is 5.77. The molecule has 3 aromatic heterocycles. The second kappa shape index (κ2) is 8.24. The Morgan fingerprint density at radius 3 is 2.67 bits per heavy atom. The molecule has 134 valence electrons. The normalized spacial score (nSPS) is 13.3. The zero-order valence-electron chi connectivity index (χ0n) is 14.8. The highest BCUT2D eigenvalue weighted by Gasteiger charge is 2.09. The van der Waals surface area contributed by atoms with E-state index in [1.165, 1.54) is 10.4 Å². The largest absolute Gasteiger partial charge is 0.262 e. The lowest BCUT2D eigenvalue weighted by molar-refractivity contribution is 0.842. The Kier molecular flexibility index (Phi) is 5.37. The quantitative estimate of drug-likeness (QED) is 0.412. The summed E-state index contributed by atoms with van der Waals surface area (Å²) in [4.78, 5) is 10.9. The molecule has 0 aliphatic carbocycles. The molecular weight excluding hydrogens is 372 g/mol. The summed E-state index contributed by atoms with van der Waals surface area (Å²) in [6.45, 7) is 2.15. The maximum Gasteiger partial charge on any atom is 0.211 e. The van der Waals surface area contributed by atoms with Crippen LogP contribution in [0.3, 0.4) is 0 Å². The zero-order valence-corrected chi connectivity index (χ0v) is 16.4. The first-order valence-electron chi connectivity index (χ1n) is 8.60. The van der Waals surface area contributed by atoms with Gasteiger partial charge in [0, 0.05) is 23.7 Å². The van der Waals surface area contributed by atoms with Crippen LogP contribution in [0.2, 0.25) is 0 Å². The van der Waals surface area contributed by atoms with Gasteiger partial charge in [-0.05, 0) is 29.1 Å². The van der Waals surface area contributed by atoms with Gasteiger partial charge in [-0.1, -0.05) is 43.3 Å². The highest BCUT2D eigenvalue weighted by Crippen LogP contribution is 2.25. The van der Waals surface area contributed by atoms with Crippen LogP contribution in [0.15, 0.2) is 87.8 Å². The van der Waals surface area contributed by atoms with E-state index in [-0.39, 0.29) is 5.92 Å². The summed E-state index contributed by atoms with van der Waals surface area (Å²) in [5.74, 6) is 0.209. The molecule has 1 aromatic carbocycles. The van der Waals surface area contributed by atoms with Crippen molar-refractivity contribution in [3.8, 4) is 10.6 Å². The molecule has 0 aliphatic rings. The van der Waals surface area contributed by atoms with Gasteiger partial charge in [-0.15, -0.1) is 22.7 Å². The molecule has 0 radical (unpaired) electrons. The minimum absolute atomic E-state index is 0.209. The second-order valence-electron chi connectivity index (χ2n) is 5.98. The molecule has 0 amide bonds. The van der Waals surface area contributed by atoms with Crippen LogP contribution in [0.1, 0.15) is 18.4 Å². The highest BCUT2D eigenvalue weighted by atomic mass is 32.1. The van der Waals surface area contributed by atoms with Gasteiger partial charge in [-0.2, -0.15) is 5.10 Å². The minimum atomic E-state index is 0.209. The van der Waals surface area contributed by atoms with Crippen LogP contribution in [-0.2, 0) is 0 Å².